The molecule has 1 aromatic rings. The zero-order valence-corrected chi connectivity index (χ0v) is 13.6. The van der Waals surface area contributed by atoms with Crippen LogP contribution in [0.4, 0.5) is 5.69 Å². The Morgan fingerprint density at radius 1 is 1.19 bits per heavy atom. The molecule has 0 aliphatic rings. The summed E-state index contributed by atoms with van der Waals surface area (Å²) in [4.78, 5) is 10.6. The van der Waals surface area contributed by atoms with Gasteiger partial charge in [-0.3, -0.25) is 9.10 Å². The lowest BCUT2D eigenvalue weighted by molar-refractivity contribution is -0.137. The van der Waals surface area contributed by atoms with Crippen molar-refractivity contribution in [2.24, 2.45) is 5.41 Å². The number of sulfonamides is 1. The van der Waals surface area contributed by atoms with E-state index in [2.05, 4.69) is 0 Å². The first-order valence-electron chi connectivity index (χ1n) is 6.89. The van der Waals surface area contributed by atoms with Gasteiger partial charge in [0.2, 0.25) is 10.0 Å². The Kier molecular flexibility index (Phi) is 5.78. The highest BCUT2D eigenvalue weighted by molar-refractivity contribution is 7.92. The molecule has 1 aromatic carbocycles. The van der Waals surface area contributed by atoms with Crippen LogP contribution in [0.25, 0.3) is 0 Å². The SMILES string of the molecule is CC(C)(C)CS(=O)(=O)N(CCCC(=O)O)c1ccccc1. The van der Waals surface area contributed by atoms with Crippen molar-refractivity contribution in [3.8, 4) is 0 Å². The number of carbonyl (C=O) groups is 1. The molecule has 0 aromatic heterocycles. The van der Waals surface area contributed by atoms with Crippen molar-refractivity contribution < 1.29 is 18.3 Å². The van der Waals surface area contributed by atoms with E-state index in [0.717, 1.165) is 0 Å². The van der Waals surface area contributed by atoms with E-state index < -0.39 is 16.0 Å². The Hall–Kier alpha value is -1.56. The van der Waals surface area contributed by atoms with E-state index in [-0.39, 0.29) is 30.6 Å². The molecule has 0 fully saturated rings. The number of hydrogen-bond donors (Lipinski definition) is 1. The van der Waals surface area contributed by atoms with Crippen molar-refractivity contribution in [1.82, 2.24) is 0 Å². The molecule has 0 unspecified atom stereocenters. The molecule has 0 aliphatic carbocycles. The van der Waals surface area contributed by atoms with Crippen molar-refractivity contribution in [1.29, 1.82) is 0 Å². The molecule has 0 spiro atoms. The number of carboxylic acids is 1. The third-order valence-electron chi connectivity index (χ3n) is 2.75. The van der Waals surface area contributed by atoms with Crippen molar-refractivity contribution in [2.45, 2.75) is 33.6 Å². The molecule has 0 atom stereocenters. The van der Waals surface area contributed by atoms with Gasteiger partial charge in [0, 0.05) is 13.0 Å². The van der Waals surface area contributed by atoms with Gasteiger partial charge in [-0.1, -0.05) is 39.0 Å². The van der Waals surface area contributed by atoms with E-state index in [4.69, 9.17) is 5.11 Å². The molecule has 0 heterocycles. The summed E-state index contributed by atoms with van der Waals surface area (Å²) in [6, 6.07) is 8.80. The minimum absolute atomic E-state index is 0.0158. The van der Waals surface area contributed by atoms with Crippen molar-refractivity contribution in [2.75, 3.05) is 16.6 Å². The lowest BCUT2D eigenvalue weighted by Crippen LogP contribution is -2.38. The number of hydrogen-bond acceptors (Lipinski definition) is 3. The lowest BCUT2D eigenvalue weighted by atomic mass is 10.0. The average Bonchev–Trinajstić information content (AvgIpc) is 2.32. The average molecular weight is 313 g/mol. The van der Waals surface area contributed by atoms with E-state index >= 15 is 0 Å². The fraction of sp³-hybridized carbons (Fsp3) is 0.533. The lowest BCUT2D eigenvalue weighted by Gasteiger charge is -2.28. The van der Waals surface area contributed by atoms with E-state index in [1.54, 1.807) is 24.3 Å². The summed E-state index contributed by atoms with van der Waals surface area (Å²) < 4.78 is 26.5. The molecule has 0 bridgehead atoms. The standard InChI is InChI=1S/C15H23NO4S/c1-15(2,3)12-21(19,20)16(11-7-10-14(17)18)13-8-5-4-6-9-13/h4-6,8-9H,7,10-12H2,1-3H3,(H,17,18). The monoisotopic (exact) mass is 313 g/mol. The van der Waals surface area contributed by atoms with Crippen LogP contribution in [0, 0.1) is 5.41 Å². The number of carboxylic acid groups (broad SMARTS) is 1. The summed E-state index contributed by atoms with van der Waals surface area (Å²) in [7, 11) is -3.49. The molecule has 0 radical (unpaired) electrons. The molecule has 118 valence electrons. The van der Waals surface area contributed by atoms with Crippen LogP contribution in [-0.2, 0) is 14.8 Å². The summed E-state index contributed by atoms with van der Waals surface area (Å²) in [5, 5.41) is 8.72. The van der Waals surface area contributed by atoms with Crippen LogP contribution in [0.15, 0.2) is 30.3 Å². The Bertz CT molecular complexity index is 561. The van der Waals surface area contributed by atoms with Crippen LogP contribution >= 0.6 is 0 Å². The number of rotatable bonds is 7. The fourth-order valence-electron chi connectivity index (χ4n) is 2.02. The van der Waals surface area contributed by atoms with Crippen molar-refractivity contribution >= 4 is 21.7 Å². The van der Waals surface area contributed by atoms with Crippen LogP contribution in [0.1, 0.15) is 33.6 Å². The Morgan fingerprint density at radius 3 is 2.24 bits per heavy atom. The predicted octanol–water partition coefficient (Wildman–Crippen LogP) is 2.73. The van der Waals surface area contributed by atoms with Crippen LogP contribution in [0.2, 0.25) is 0 Å². The minimum Gasteiger partial charge on any atom is -0.481 e. The summed E-state index contributed by atoms with van der Waals surface area (Å²) in [5.41, 5.74) is 0.214. The van der Waals surface area contributed by atoms with E-state index in [0.29, 0.717) is 5.69 Å². The van der Waals surface area contributed by atoms with Crippen LogP contribution in [-0.4, -0.2) is 31.8 Å². The first-order chi connectivity index (χ1) is 9.62. The van der Waals surface area contributed by atoms with E-state index in [1.807, 2.05) is 26.8 Å². The molecule has 6 heteroatoms. The van der Waals surface area contributed by atoms with E-state index in [9.17, 15) is 13.2 Å². The van der Waals surface area contributed by atoms with Crippen LogP contribution in [0.5, 0.6) is 0 Å². The predicted molar refractivity (Wildman–Crippen MR) is 83.9 cm³/mol. The number of nitrogens with zero attached hydrogens (tertiary/aromatic N) is 1. The number of anilines is 1. The van der Waals surface area contributed by atoms with Gasteiger partial charge in [0.15, 0.2) is 0 Å². The third kappa shape index (κ3) is 6.16. The Labute approximate surface area is 126 Å². The number of para-hydroxylation sites is 1. The van der Waals surface area contributed by atoms with E-state index in [1.165, 1.54) is 4.31 Å². The zero-order chi connectivity index (χ0) is 16.1. The molecule has 0 saturated carbocycles. The molecule has 21 heavy (non-hydrogen) atoms. The Balaban J connectivity index is 2.99. The van der Waals surface area contributed by atoms with Gasteiger partial charge < -0.3 is 5.11 Å². The van der Waals surface area contributed by atoms with Gasteiger partial charge in [-0.05, 0) is 24.0 Å². The van der Waals surface area contributed by atoms with Gasteiger partial charge in [-0.25, -0.2) is 8.42 Å². The van der Waals surface area contributed by atoms with Gasteiger partial charge in [0.05, 0.1) is 11.4 Å². The fourth-order valence-corrected chi connectivity index (χ4v) is 4.12. The van der Waals surface area contributed by atoms with Crippen LogP contribution < -0.4 is 4.31 Å². The highest BCUT2D eigenvalue weighted by Crippen LogP contribution is 2.24. The summed E-state index contributed by atoms with van der Waals surface area (Å²) in [6.07, 6.45) is 0.238. The first-order valence-corrected chi connectivity index (χ1v) is 8.50. The molecule has 1 N–H and O–H groups in total. The second-order valence-electron chi connectivity index (χ2n) is 6.22. The summed E-state index contributed by atoms with van der Waals surface area (Å²) in [5.74, 6) is -0.904. The summed E-state index contributed by atoms with van der Waals surface area (Å²) in [6.45, 7) is 5.77. The highest BCUT2D eigenvalue weighted by atomic mass is 32.2. The zero-order valence-electron chi connectivity index (χ0n) is 12.7. The normalized spacial score (nSPS) is 12.1. The molecule has 1 rings (SSSR count). The maximum atomic E-state index is 12.6. The second-order valence-corrected chi connectivity index (χ2v) is 8.12. The van der Waals surface area contributed by atoms with Gasteiger partial charge >= 0.3 is 5.97 Å². The van der Waals surface area contributed by atoms with Gasteiger partial charge in [-0.2, -0.15) is 0 Å². The highest BCUT2D eigenvalue weighted by Gasteiger charge is 2.28. The third-order valence-corrected chi connectivity index (χ3v) is 5.04. The van der Waals surface area contributed by atoms with Gasteiger partial charge in [0.1, 0.15) is 0 Å². The Morgan fingerprint density at radius 2 is 1.76 bits per heavy atom. The molecule has 5 nitrogen and oxygen atoms in total. The minimum atomic E-state index is -3.49. The molecule has 0 saturated heterocycles. The largest absolute Gasteiger partial charge is 0.481 e. The number of aliphatic carboxylic acids is 1. The summed E-state index contributed by atoms with van der Waals surface area (Å²) >= 11 is 0. The van der Waals surface area contributed by atoms with Crippen molar-refractivity contribution in [3.05, 3.63) is 30.3 Å². The van der Waals surface area contributed by atoms with Gasteiger partial charge in [0.25, 0.3) is 0 Å². The second kappa shape index (κ2) is 6.93. The van der Waals surface area contributed by atoms with Gasteiger partial charge in [-0.15, -0.1) is 0 Å². The number of benzene rings is 1. The molecular weight excluding hydrogens is 290 g/mol. The topological polar surface area (TPSA) is 74.7 Å². The first kappa shape index (κ1) is 17.5. The maximum absolute atomic E-state index is 12.6. The van der Waals surface area contributed by atoms with Crippen LogP contribution in [0.3, 0.4) is 0 Å². The maximum Gasteiger partial charge on any atom is 0.303 e. The van der Waals surface area contributed by atoms with Crippen molar-refractivity contribution in [3.63, 3.8) is 0 Å². The molecular formula is C15H23NO4S. The quantitative estimate of drug-likeness (QED) is 0.840. The molecule has 0 aliphatic heterocycles. The smallest absolute Gasteiger partial charge is 0.303 e. The molecule has 0 amide bonds.